The summed E-state index contributed by atoms with van der Waals surface area (Å²) in [5.41, 5.74) is -2.15. The van der Waals surface area contributed by atoms with Crippen LogP contribution in [0.1, 0.15) is 89.2 Å². The van der Waals surface area contributed by atoms with Gasteiger partial charge < -0.3 is 20.3 Å². The maximum atomic E-state index is 13.8. The van der Waals surface area contributed by atoms with Crippen LogP contribution in [0.2, 0.25) is 0 Å². The van der Waals surface area contributed by atoms with Crippen LogP contribution < -0.4 is 15.5 Å². The highest BCUT2D eigenvalue weighted by Crippen LogP contribution is 2.51. The van der Waals surface area contributed by atoms with Crippen LogP contribution in [0.3, 0.4) is 0 Å². The molecule has 8 N–H and O–H groups in total. The fourth-order valence-electron chi connectivity index (χ4n) is 8.29. The van der Waals surface area contributed by atoms with Gasteiger partial charge >= 0.3 is 5.97 Å². The van der Waals surface area contributed by atoms with Crippen molar-refractivity contribution in [3.05, 3.63) is 88.2 Å². The number of rotatable bonds is 25. The quantitative estimate of drug-likeness (QED) is 0.0228. The van der Waals surface area contributed by atoms with E-state index in [1.807, 2.05) is 0 Å². The van der Waals surface area contributed by atoms with E-state index in [1.54, 1.807) is 33.8 Å². The van der Waals surface area contributed by atoms with E-state index in [4.69, 9.17) is 9.29 Å². The first-order chi connectivity index (χ1) is 33.2. The van der Waals surface area contributed by atoms with Crippen LogP contribution in [0.5, 0.6) is 0 Å². The van der Waals surface area contributed by atoms with Crippen LogP contribution in [0.25, 0.3) is 0 Å². The van der Waals surface area contributed by atoms with Crippen molar-refractivity contribution < 1.29 is 102 Å². The number of hydrogen-bond donors (Lipinski definition) is 8. The number of carbonyl (C=O) groups is 3. The minimum absolute atomic E-state index is 0.00130. The monoisotopic (exact) mass is 1150 g/mol. The second kappa shape index (κ2) is 22.9. The third-order valence-corrected chi connectivity index (χ3v) is 16.0. The van der Waals surface area contributed by atoms with Crippen LogP contribution in [0, 0.1) is 0 Å². The molecule has 0 spiro atoms. The van der Waals surface area contributed by atoms with E-state index >= 15 is 0 Å². The Hall–Kier alpha value is -5.00. The van der Waals surface area contributed by atoms with Gasteiger partial charge in [-0.1, -0.05) is 32.1 Å². The highest BCUT2D eigenvalue weighted by Gasteiger charge is 2.48. The van der Waals surface area contributed by atoms with Gasteiger partial charge in [-0.05, 0) is 51.0 Å². The molecule has 2 heterocycles. The van der Waals surface area contributed by atoms with Gasteiger partial charge in [0.2, 0.25) is 5.69 Å². The number of amides is 2. The average molecular weight is 1150 g/mol. The smallest absolute Gasteiger partial charge is 0.338 e. The lowest BCUT2D eigenvalue weighted by Crippen LogP contribution is -2.34. The lowest BCUT2D eigenvalue weighted by Gasteiger charge is -2.27. The minimum Gasteiger partial charge on any atom is -0.462 e. The third-order valence-electron chi connectivity index (χ3n) is 11.3. The SMILES string of the molecule is CC1(C)C(/C=C/C=C/C=C2/N(CCCS(=O)(=O)O)c3cc(S(=O)(=O)O)cc(C(=O)OCCCS(=O)(=O)O)c3C2(C)C)=[N+](CCCS(=O)(=O)O)c2cc(C(=O)NCCS(=O)(=O)O)cc(C(=O)NCCS(=O)(=O)O)c21. The second-order valence-corrected chi connectivity index (χ2v) is 26.9. The first-order valence-corrected chi connectivity index (χ1v) is 31.0. The summed E-state index contributed by atoms with van der Waals surface area (Å²) in [7, 11) is -27.6. The molecular formula is C41H55N4O22S6+. The molecule has 0 fully saturated rings. The molecule has 2 amide bonds. The maximum absolute atomic E-state index is 13.8. The Morgan fingerprint density at radius 2 is 1.15 bits per heavy atom. The number of nitrogens with zero attached hydrogens (tertiary/aromatic N) is 2. The van der Waals surface area contributed by atoms with Gasteiger partial charge in [0.15, 0.2) is 5.71 Å². The number of fused-ring (bicyclic) bond motifs is 2. The fourth-order valence-corrected chi connectivity index (χ4v) is 11.0. The number of carbonyl (C=O) groups excluding carboxylic acids is 3. The van der Waals surface area contributed by atoms with Crippen LogP contribution in [-0.2, 0) is 76.3 Å². The summed E-state index contributed by atoms with van der Waals surface area (Å²) in [5, 5.41) is 4.67. The molecule has 406 valence electrons. The van der Waals surface area contributed by atoms with E-state index in [1.165, 1.54) is 39.8 Å². The molecule has 73 heavy (non-hydrogen) atoms. The summed E-state index contributed by atoms with van der Waals surface area (Å²) >= 11 is 0. The maximum Gasteiger partial charge on any atom is 0.338 e. The summed E-state index contributed by atoms with van der Waals surface area (Å²) in [5.74, 6) is -7.02. The summed E-state index contributed by atoms with van der Waals surface area (Å²) in [6.07, 6.45) is 6.68. The van der Waals surface area contributed by atoms with Gasteiger partial charge in [0.05, 0.1) is 62.4 Å². The van der Waals surface area contributed by atoms with Crippen LogP contribution in [-0.4, -0.2) is 167 Å². The van der Waals surface area contributed by atoms with E-state index in [-0.39, 0.29) is 71.5 Å². The van der Waals surface area contributed by atoms with E-state index in [9.17, 15) is 87.7 Å². The Kier molecular flexibility index (Phi) is 19.0. The molecule has 0 saturated carbocycles. The normalized spacial score (nSPS) is 16.6. The molecule has 4 rings (SSSR count). The summed E-state index contributed by atoms with van der Waals surface area (Å²) < 4.78 is 204. The van der Waals surface area contributed by atoms with Crippen LogP contribution >= 0.6 is 0 Å². The van der Waals surface area contributed by atoms with Crippen molar-refractivity contribution in [3.8, 4) is 0 Å². The highest BCUT2D eigenvalue weighted by atomic mass is 32.2. The van der Waals surface area contributed by atoms with Crippen molar-refractivity contribution in [1.82, 2.24) is 10.6 Å². The Bertz CT molecular complexity index is 3360. The molecule has 0 bridgehead atoms. The number of allylic oxidation sites excluding steroid dienone is 6. The van der Waals surface area contributed by atoms with Gasteiger partial charge in [-0.25, -0.2) is 4.79 Å². The zero-order chi connectivity index (χ0) is 55.3. The standard InChI is InChI=1S/C41H54N4O22S6/c1-40(2)33(44(15-8-18-68(49,50)51)31-24-27(37(46)42-13-21-71(58,59)60)23-29(35(31)40)38(47)43-14-22-72(61,62)63)11-6-5-7-12-34-41(3,4)36-30(39(48)67-17-10-20-70(55,56)57)25-28(73(64,65)66)26-32(36)45(34)16-9-19-69(52,53)54/h5-7,11-12,23-26H,8-10,13-22H2,1-4H3,(H7-,42,43,46,47,49,50,51,52,53,54,55,56,57,58,59,60,61,62,63,64,65,66)/p+1. The van der Waals surface area contributed by atoms with E-state index in [0.29, 0.717) is 11.4 Å². The summed E-state index contributed by atoms with van der Waals surface area (Å²) in [6.45, 7) is 4.45. The molecule has 32 heteroatoms. The Morgan fingerprint density at radius 1 is 0.616 bits per heavy atom. The molecule has 2 aromatic rings. The van der Waals surface area contributed by atoms with Gasteiger partial charge in [-0.15, -0.1) is 0 Å². The zero-order valence-corrected chi connectivity index (χ0v) is 44.3. The number of esters is 1. The number of hydrogen-bond acceptors (Lipinski definition) is 17. The van der Waals surface area contributed by atoms with Gasteiger partial charge in [0, 0.05) is 66.1 Å². The molecule has 0 aliphatic carbocycles. The molecule has 26 nitrogen and oxygen atoms in total. The van der Waals surface area contributed by atoms with Crippen molar-refractivity contribution in [2.24, 2.45) is 0 Å². The fraction of sp³-hybridized carbons (Fsp3) is 0.463. The van der Waals surface area contributed by atoms with Crippen LogP contribution in [0.4, 0.5) is 11.4 Å². The first kappa shape index (κ1) is 60.6. The van der Waals surface area contributed by atoms with Crippen molar-refractivity contribution >= 4 is 95.6 Å². The van der Waals surface area contributed by atoms with Crippen molar-refractivity contribution in [2.45, 2.75) is 62.7 Å². The van der Waals surface area contributed by atoms with E-state index < -0.39 is 143 Å². The van der Waals surface area contributed by atoms with Gasteiger partial charge in [-0.2, -0.15) is 55.1 Å². The van der Waals surface area contributed by atoms with Gasteiger partial charge in [0.1, 0.15) is 6.54 Å². The Balaban J connectivity index is 1.89. The Morgan fingerprint density at radius 3 is 1.70 bits per heavy atom. The summed E-state index contributed by atoms with van der Waals surface area (Å²) in [4.78, 5) is 41.5. The van der Waals surface area contributed by atoms with E-state index in [2.05, 4.69) is 10.6 Å². The molecule has 0 unspecified atom stereocenters. The van der Waals surface area contributed by atoms with Crippen LogP contribution in [0.15, 0.2) is 65.2 Å². The highest BCUT2D eigenvalue weighted by molar-refractivity contribution is 7.87. The minimum atomic E-state index is -5.03. The topological polar surface area (TPSA) is 417 Å². The number of anilines is 1. The third kappa shape index (κ3) is 17.0. The predicted octanol–water partition coefficient (Wildman–Crippen LogP) is 1.33. The number of benzene rings is 2. The molecule has 2 aromatic carbocycles. The van der Waals surface area contributed by atoms with Gasteiger partial charge in [0.25, 0.3) is 72.5 Å². The molecule has 0 saturated heterocycles. The molecule has 0 aromatic heterocycles. The predicted molar refractivity (Wildman–Crippen MR) is 263 cm³/mol. The molecular weight excluding hydrogens is 1090 g/mol. The lowest BCUT2D eigenvalue weighted by atomic mass is 9.78. The van der Waals surface area contributed by atoms with E-state index in [0.717, 1.165) is 18.2 Å². The van der Waals surface area contributed by atoms with Crippen molar-refractivity contribution in [3.63, 3.8) is 0 Å². The Labute approximate surface area is 422 Å². The molecule has 2 aliphatic rings. The molecule has 2 aliphatic heterocycles. The zero-order valence-electron chi connectivity index (χ0n) is 39.4. The lowest BCUT2D eigenvalue weighted by molar-refractivity contribution is -0.437. The van der Waals surface area contributed by atoms with Gasteiger partial charge in [-0.3, -0.25) is 36.9 Å². The van der Waals surface area contributed by atoms with Crippen molar-refractivity contribution in [2.75, 3.05) is 66.5 Å². The number of nitrogens with one attached hydrogen (secondary N) is 2. The largest absolute Gasteiger partial charge is 0.462 e. The average Bonchev–Trinajstić information content (AvgIpc) is 3.56. The molecule has 0 atom stereocenters. The first-order valence-electron chi connectivity index (χ1n) is 21.6. The molecule has 0 radical (unpaired) electrons. The second-order valence-electron chi connectivity index (χ2n) is 17.6. The van der Waals surface area contributed by atoms with Crippen molar-refractivity contribution in [1.29, 1.82) is 0 Å². The number of ether oxygens (including phenoxy) is 1. The summed E-state index contributed by atoms with van der Waals surface area (Å²) in [6, 6.07) is 4.33.